The first kappa shape index (κ1) is 21.3. The highest BCUT2D eigenvalue weighted by Crippen LogP contribution is 2.28. The molecule has 0 saturated carbocycles. The van der Waals surface area contributed by atoms with E-state index in [9.17, 15) is 18.0 Å². The normalized spacial score (nSPS) is 11.5. The minimum Gasteiger partial charge on any atom is -0.497 e. The third kappa shape index (κ3) is 4.69. The molecule has 2 heterocycles. The molecule has 1 N–H and O–H groups in total. The Morgan fingerprint density at radius 3 is 2.38 bits per heavy atom. The molecule has 0 spiro atoms. The smallest absolute Gasteiger partial charge is 0.453 e. The lowest BCUT2D eigenvalue weighted by Gasteiger charge is -2.08. The van der Waals surface area contributed by atoms with E-state index in [1.807, 2.05) is 12.1 Å². The van der Waals surface area contributed by atoms with Crippen molar-refractivity contribution in [1.29, 1.82) is 0 Å². The van der Waals surface area contributed by atoms with Gasteiger partial charge in [0.15, 0.2) is 0 Å². The molecule has 7 nitrogen and oxygen atoms in total. The quantitative estimate of drug-likeness (QED) is 0.494. The van der Waals surface area contributed by atoms with E-state index in [4.69, 9.17) is 4.74 Å². The Bertz CT molecular complexity index is 1240. The third-order valence-corrected chi connectivity index (χ3v) is 4.76. The second kappa shape index (κ2) is 8.66. The van der Waals surface area contributed by atoms with Gasteiger partial charge in [0, 0.05) is 18.3 Å². The summed E-state index contributed by atoms with van der Waals surface area (Å²) in [6.07, 6.45) is -3.03. The zero-order valence-corrected chi connectivity index (χ0v) is 16.9. The number of methoxy groups -OCH3 is 1. The molecule has 4 aromatic rings. The summed E-state index contributed by atoms with van der Waals surface area (Å²) in [4.78, 5) is 19.5. The van der Waals surface area contributed by atoms with E-state index in [0.717, 1.165) is 21.4 Å². The summed E-state index contributed by atoms with van der Waals surface area (Å²) in [7, 11) is 1.58. The number of nitrogens with one attached hydrogen (secondary N) is 1. The second-order valence-corrected chi connectivity index (χ2v) is 6.97. The largest absolute Gasteiger partial charge is 0.497 e. The number of halogens is 3. The van der Waals surface area contributed by atoms with Gasteiger partial charge in [-0.2, -0.15) is 22.7 Å². The van der Waals surface area contributed by atoms with Gasteiger partial charge in [0.25, 0.3) is 11.6 Å². The SMILES string of the molecule is COc1ccc(CC(=O)NCc2ccc(-c3ccnc4nc(C(F)(F)F)nn34)cc2)cc1. The van der Waals surface area contributed by atoms with Gasteiger partial charge in [0.2, 0.25) is 5.91 Å². The van der Waals surface area contributed by atoms with Crippen molar-refractivity contribution in [2.75, 3.05) is 7.11 Å². The zero-order chi connectivity index (χ0) is 22.7. The molecule has 164 valence electrons. The molecule has 2 aromatic heterocycles. The van der Waals surface area contributed by atoms with Gasteiger partial charge in [-0.3, -0.25) is 4.79 Å². The van der Waals surface area contributed by atoms with E-state index < -0.39 is 12.0 Å². The molecule has 0 aliphatic heterocycles. The average Bonchev–Trinajstić information content (AvgIpc) is 3.24. The monoisotopic (exact) mass is 441 g/mol. The number of rotatable bonds is 6. The molecule has 0 radical (unpaired) electrons. The van der Waals surface area contributed by atoms with E-state index in [1.165, 1.54) is 6.20 Å². The first-order chi connectivity index (χ1) is 15.3. The molecular formula is C22H18F3N5O2. The summed E-state index contributed by atoms with van der Waals surface area (Å²) in [6.45, 7) is 0.322. The number of ether oxygens (including phenoxy) is 1. The number of amides is 1. The first-order valence-electron chi connectivity index (χ1n) is 9.61. The Morgan fingerprint density at radius 2 is 1.72 bits per heavy atom. The van der Waals surface area contributed by atoms with Crippen molar-refractivity contribution in [2.45, 2.75) is 19.1 Å². The summed E-state index contributed by atoms with van der Waals surface area (Å²) < 4.78 is 44.9. The number of carbonyl (C=O) groups is 1. The number of alkyl halides is 3. The van der Waals surface area contributed by atoms with Crippen LogP contribution in [0.3, 0.4) is 0 Å². The fraction of sp³-hybridized carbons (Fsp3) is 0.182. The molecule has 2 aromatic carbocycles. The van der Waals surface area contributed by atoms with Crippen LogP contribution in [0.4, 0.5) is 13.2 Å². The highest BCUT2D eigenvalue weighted by Gasteiger charge is 2.36. The van der Waals surface area contributed by atoms with Gasteiger partial charge in [0.1, 0.15) is 5.75 Å². The Morgan fingerprint density at radius 1 is 1.03 bits per heavy atom. The summed E-state index contributed by atoms with van der Waals surface area (Å²) in [5.74, 6) is -0.781. The van der Waals surface area contributed by atoms with Crippen LogP contribution in [0.5, 0.6) is 5.75 Å². The van der Waals surface area contributed by atoms with Crippen molar-refractivity contribution in [1.82, 2.24) is 24.9 Å². The zero-order valence-electron chi connectivity index (χ0n) is 16.9. The summed E-state index contributed by atoms with van der Waals surface area (Å²) in [6, 6.07) is 15.9. The van der Waals surface area contributed by atoms with Crippen molar-refractivity contribution in [3.05, 3.63) is 77.7 Å². The van der Waals surface area contributed by atoms with Crippen molar-refractivity contribution in [3.63, 3.8) is 0 Å². The van der Waals surface area contributed by atoms with E-state index in [0.29, 0.717) is 17.8 Å². The minimum atomic E-state index is -4.65. The number of nitrogens with zero attached hydrogens (tertiary/aromatic N) is 4. The van der Waals surface area contributed by atoms with Gasteiger partial charge in [-0.15, -0.1) is 5.10 Å². The van der Waals surface area contributed by atoms with Crippen LogP contribution in [-0.2, 0) is 23.9 Å². The Kier molecular flexibility index (Phi) is 5.76. The number of carbonyl (C=O) groups excluding carboxylic acids is 1. The molecular weight excluding hydrogens is 423 g/mol. The van der Waals surface area contributed by atoms with Gasteiger partial charge >= 0.3 is 6.18 Å². The standard InChI is InChI=1S/C22H18F3N5O2/c1-32-17-8-4-14(5-9-17)12-19(31)27-13-15-2-6-16(7-3-15)18-10-11-26-21-28-20(22(23,24)25)29-30(18)21/h2-11H,12-13H2,1H3,(H,27,31). The molecule has 0 fully saturated rings. The van der Waals surface area contributed by atoms with Crippen molar-refractivity contribution < 1.29 is 22.7 Å². The van der Waals surface area contributed by atoms with Crippen LogP contribution < -0.4 is 10.1 Å². The van der Waals surface area contributed by atoms with Crippen LogP contribution in [0, 0.1) is 0 Å². The van der Waals surface area contributed by atoms with Gasteiger partial charge in [-0.1, -0.05) is 36.4 Å². The molecule has 0 bridgehead atoms. The Balaban J connectivity index is 1.43. The molecule has 10 heteroatoms. The van der Waals surface area contributed by atoms with Crippen LogP contribution in [0.2, 0.25) is 0 Å². The first-order valence-corrected chi connectivity index (χ1v) is 9.61. The highest BCUT2D eigenvalue weighted by molar-refractivity contribution is 5.78. The van der Waals surface area contributed by atoms with Crippen LogP contribution in [0.1, 0.15) is 17.0 Å². The van der Waals surface area contributed by atoms with Crippen molar-refractivity contribution in [3.8, 4) is 17.0 Å². The number of aromatic nitrogens is 4. The maximum absolute atomic E-state index is 12.9. The summed E-state index contributed by atoms with van der Waals surface area (Å²) >= 11 is 0. The minimum absolute atomic E-state index is 0.127. The van der Waals surface area contributed by atoms with E-state index in [-0.39, 0.29) is 18.1 Å². The van der Waals surface area contributed by atoms with Gasteiger partial charge in [0.05, 0.1) is 19.2 Å². The molecule has 1 amide bonds. The Labute approximate surface area is 180 Å². The van der Waals surface area contributed by atoms with Crippen LogP contribution >= 0.6 is 0 Å². The lowest BCUT2D eigenvalue weighted by molar-refractivity contribution is -0.144. The molecule has 4 rings (SSSR count). The van der Waals surface area contributed by atoms with E-state index in [2.05, 4.69) is 20.4 Å². The molecule has 0 atom stereocenters. The number of hydrogen-bond donors (Lipinski definition) is 1. The van der Waals surface area contributed by atoms with Crippen LogP contribution in [0.25, 0.3) is 17.0 Å². The molecule has 0 unspecified atom stereocenters. The average molecular weight is 441 g/mol. The van der Waals surface area contributed by atoms with Crippen molar-refractivity contribution >= 4 is 11.7 Å². The molecule has 32 heavy (non-hydrogen) atoms. The summed E-state index contributed by atoms with van der Waals surface area (Å²) in [5, 5.41) is 6.40. The van der Waals surface area contributed by atoms with E-state index >= 15 is 0 Å². The Hall–Kier alpha value is -3.95. The van der Waals surface area contributed by atoms with E-state index in [1.54, 1.807) is 49.6 Å². The lowest BCUT2D eigenvalue weighted by Crippen LogP contribution is -2.24. The molecule has 0 aliphatic rings. The molecule has 0 aliphatic carbocycles. The van der Waals surface area contributed by atoms with Crippen LogP contribution in [-0.4, -0.2) is 32.6 Å². The van der Waals surface area contributed by atoms with Gasteiger partial charge in [-0.05, 0) is 29.3 Å². The topological polar surface area (TPSA) is 81.4 Å². The fourth-order valence-electron chi connectivity index (χ4n) is 3.12. The second-order valence-electron chi connectivity index (χ2n) is 6.97. The maximum Gasteiger partial charge on any atom is 0.453 e. The van der Waals surface area contributed by atoms with Crippen LogP contribution in [0.15, 0.2) is 60.8 Å². The highest BCUT2D eigenvalue weighted by atomic mass is 19.4. The number of hydrogen-bond acceptors (Lipinski definition) is 5. The number of fused-ring (bicyclic) bond motifs is 1. The van der Waals surface area contributed by atoms with Gasteiger partial charge in [-0.25, -0.2) is 4.98 Å². The van der Waals surface area contributed by atoms with Gasteiger partial charge < -0.3 is 10.1 Å². The van der Waals surface area contributed by atoms with Crippen molar-refractivity contribution in [2.24, 2.45) is 0 Å². The summed E-state index contributed by atoms with van der Waals surface area (Å²) in [5.41, 5.74) is 2.78. The lowest BCUT2D eigenvalue weighted by atomic mass is 10.1. The predicted molar refractivity (Wildman–Crippen MR) is 110 cm³/mol. The number of benzene rings is 2. The molecule has 0 saturated heterocycles. The fourth-order valence-corrected chi connectivity index (χ4v) is 3.12. The third-order valence-electron chi connectivity index (χ3n) is 4.76. The predicted octanol–water partition coefficient (Wildman–Crippen LogP) is 3.68. The maximum atomic E-state index is 12.9.